The minimum Gasteiger partial charge on any atom is -0.493 e. The molecular weight excluding hydrogens is 490 g/mol. The van der Waals surface area contributed by atoms with Gasteiger partial charge in [-0.05, 0) is 72.5 Å². The number of thioether (sulfide) groups is 1. The molecule has 2 aromatic carbocycles. The number of carbonyl (C=O) groups excluding carboxylic acids is 2. The van der Waals surface area contributed by atoms with Crippen LogP contribution in [0.5, 0.6) is 11.5 Å². The molecule has 3 rings (SSSR count). The third-order valence-electron chi connectivity index (χ3n) is 4.96. The number of ether oxygens (including phenoxy) is 2. The summed E-state index contributed by atoms with van der Waals surface area (Å²) in [5, 5.41) is -0.288. The Hall–Kier alpha value is -2.25. The van der Waals surface area contributed by atoms with Gasteiger partial charge in [0.2, 0.25) is 0 Å². The van der Waals surface area contributed by atoms with Gasteiger partial charge in [0.15, 0.2) is 0 Å². The van der Waals surface area contributed by atoms with Gasteiger partial charge in [-0.15, -0.1) is 0 Å². The SMILES string of the molecule is CCCOc1ccc(Br)cc1/C=C1\SC(=O)N(CCOc2cc(C)ccc2C(C)C)C1=O. The van der Waals surface area contributed by atoms with Gasteiger partial charge in [-0.2, -0.15) is 0 Å². The molecule has 2 amide bonds. The Kier molecular flexibility index (Phi) is 8.43. The molecule has 1 heterocycles. The van der Waals surface area contributed by atoms with Crippen LogP contribution in [0.1, 0.15) is 49.8 Å². The van der Waals surface area contributed by atoms with E-state index in [2.05, 4.69) is 41.9 Å². The molecule has 7 heteroatoms. The van der Waals surface area contributed by atoms with Crippen LogP contribution in [0.15, 0.2) is 45.8 Å². The summed E-state index contributed by atoms with van der Waals surface area (Å²) in [5.41, 5.74) is 2.98. The van der Waals surface area contributed by atoms with Gasteiger partial charge in [0.1, 0.15) is 18.1 Å². The van der Waals surface area contributed by atoms with E-state index in [0.29, 0.717) is 23.2 Å². The quantitative estimate of drug-likeness (QED) is 0.343. The normalized spacial score (nSPS) is 15.2. The predicted molar refractivity (Wildman–Crippen MR) is 133 cm³/mol. The standard InChI is InChI=1S/C25H28BrNO4S/c1-5-11-30-21-9-7-19(26)14-18(21)15-23-24(28)27(25(29)32-23)10-12-31-22-13-17(4)6-8-20(22)16(2)3/h6-9,13-16H,5,10-12H2,1-4H3/b23-15-. The highest BCUT2D eigenvalue weighted by atomic mass is 79.9. The maximum Gasteiger partial charge on any atom is 0.293 e. The van der Waals surface area contributed by atoms with Crippen LogP contribution in [-0.2, 0) is 4.79 Å². The second-order valence-electron chi connectivity index (χ2n) is 7.91. The molecule has 170 valence electrons. The fraction of sp³-hybridized carbons (Fsp3) is 0.360. The summed E-state index contributed by atoms with van der Waals surface area (Å²) in [6.07, 6.45) is 2.60. The lowest BCUT2D eigenvalue weighted by Gasteiger charge is -2.17. The summed E-state index contributed by atoms with van der Waals surface area (Å²) in [6.45, 7) is 9.30. The van der Waals surface area contributed by atoms with Crippen molar-refractivity contribution in [3.05, 3.63) is 62.5 Å². The first kappa shape index (κ1) is 24.4. The molecule has 0 spiro atoms. The highest BCUT2D eigenvalue weighted by Gasteiger charge is 2.35. The molecule has 0 N–H and O–H groups in total. The zero-order valence-corrected chi connectivity index (χ0v) is 21.2. The van der Waals surface area contributed by atoms with Gasteiger partial charge in [0, 0.05) is 10.0 Å². The third-order valence-corrected chi connectivity index (χ3v) is 6.36. The van der Waals surface area contributed by atoms with Crippen molar-refractivity contribution in [3.8, 4) is 11.5 Å². The average molecular weight is 518 g/mol. The lowest BCUT2D eigenvalue weighted by molar-refractivity contribution is -0.123. The van der Waals surface area contributed by atoms with Crippen molar-refractivity contribution in [2.45, 2.75) is 40.0 Å². The van der Waals surface area contributed by atoms with Crippen molar-refractivity contribution in [2.75, 3.05) is 19.8 Å². The monoisotopic (exact) mass is 517 g/mol. The largest absolute Gasteiger partial charge is 0.493 e. The number of hydrogen-bond donors (Lipinski definition) is 0. The van der Waals surface area contributed by atoms with E-state index in [1.54, 1.807) is 6.08 Å². The number of halogens is 1. The van der Waals surface area contributed by atoms with Crippen LogP contribution in [0.4, 0.5) is 4.79 Å². The number of benzene rings is 2. The second kappa shape index (κ2) is 11.1. The summed E-state index contributed by atoms with van der Waals surface area (Å²) in [6, 6.07) is 11.7. The van der Waals surface area contributed by atoms with E-state index in [1.165, 1.54) is 4.90 Å². The molecule has 2 aromatic rings. The number of imide groups is 1. The Balaban J connectivity index is 1.71. The molecule has 0 saturated carbocycles. The van der Waals surface area contributed by atoms with Gasteiger partial charge in [0.25, 0.3) is 11.1 Å². The molecule has 0 radical (unpaired) electrons. The van der Waals surface area contributed by atoms with Crippen molar-refractivity contribution < 1.29 is 19.1 Å². The van der Waals surface area contributed by atoms with Gasteiger partial charge >= 0.3 is 0 Å². The maximum absolute atomic E-state index is 12.9. The minimum atomic E-state index is -0.307. The predicted octanol–water partition coefficient (Wildman–Crippen LogP) is 6.79. The van der Waals surface area contributed by atoms with Crippen LogP contribution in [0.25, 0.3) is 6.08 Å². The van der Waals surface area contributed by atoms with E-state index in [-0.39, 0.29) is 24.3 Å². The molecule has 0 unspecified atom stereocenters. The lowest BCUT2D eigenvalue weighted by Crippen LogP contribution is -2.32. The van der Waals surface area contributed by atoms with E-state index < -0.39 is 0 Å². The van der Waals surface area contributed by atoms with Gasteiger partial charge < -0.3 is 9.47 Å². The zero-order valence-electron chi connectivity index (χ0n) is 18.8. The summed E-state index contributed by atoms with van der Waals surface area (Å²) >= 11 is 4.40. The molecule has 1 aliphatic rings. The summed E-state index contributed by atoms with van der Waals surface area (Å²) < 4.78 is 12.6. The van der Waals surface area contributed by atoms with Crippen LogP contribution in [0.3, 0.4) is 0 Å². The third kappa shape index (κ3) is 5.95. The van der Waals surface area contributed by atoms with Crippen molar-refractivity contribution in [1.29, 1.82) is 0 Å². The van der Waals surface area contributed by atoms with Crippen LogP contribution < -0.4 is 9.47 Å². The number of rotatable bonds is 9. The van der Waals surface area contributed by atoms with Gasteiger partial charge in [-0.3, -0.25) is 14.5 Å². The smallest absolute Gasteiger partial charge is 0.293 e. The van der Waals surface area contributed by atoms with Gasteiger partial charge in [-0.1, -0.05) is 48.8 Å². The van der Waals surface area contributed by atoms with Crippen molar-refractivity contribution in [3.63, 3.8) is 0 Å². The zero-order chi connectivity index (χ0) is 23.3. The molecule has 32 heavy (non-hydrogen) atoms. The summed E-state index contributed by atoms with van der Waals surface area (Å²) in [4.78, 5) is 27.0. The Bertz CT molecular complexity index is 1030. The second-order valence-corrected chi connectivity index (χ2v) is 9.82. The molecular formula is C25H28BrNO4S. The van der Waals surface area contributed by atoms with E-state index >= 15 is 0 Å². The van der Waals surface area contributed by atoms with Crippen molar-refractivity contribution in [1.82, 2.24) is 4.90 Å². The Labute approximate surface area is 202 Å². The highest BCUT2D eigenvalue weighted by molar-refractivity contribution is 9.10. The average Bonchev–Trinajstić information content (AvgIpc) is 3.00. The topological polar surface area (TPSA) is 55.8 Å². The first-order chi connectivity index (χ1) is 15.3. The molecule has 0 bridgehead atoms. The number of nitrogens with zero attached hydrogens (tertiary/aromatic N) is 1. The van der Waals surface area contributed by atoms with Crippen LogP contribution >= 0.6 is 27.7 Å². The maximum atomic E-state index is 12.9. The Morgan fingerprint density at radius 2 is 1.81 bits per heavy atom. The summed E-state index contributed by atoms with van der Waals surface area (Å²) in [5.74, 6) is 1.50. The molecule has 1 aliphatic heterocycles. The first-order valence-electron chi connectivity index (χ1n) is 10.7. The first-order valence-corrected chi connectivity index (χ1v) is 12.3. The van der Waals surface area contributed by atoms with Gasteiger partial charge in [0.05, 0.1) is 18.1 Å². The van der Waals surface area contributed by atoms with E-state index in [1.807, 2.05) is 38.1 Å². The number of carbonyl (C=O) groups is 2. The van der Waals surface area contributed by atoms with Crippen LogP contribution in [0, 0.1) is 6.92 Å². The molecule has 0 aromatic heterocycles. The highest BCUT2D eigenvalue weighted by Crippen LogP contribution is 2.35. The van der Waals surface area contributed by atoms with Crippen LogP contribution in [0.2, 0.25) is 0 Å². The molecule has 1 fully saturated rings. The Morgan fingerprint density at radius 3 is 2.53 bits per heavy atom. The van der Waals surface area contributed by atoms with Crippen LogP contribution in [-0.4, -0.2) is 35.8 Å². The number of hydrogen-bond acceptors (Lipinski definition) is 5. The van der Waals surface area contributed by atoms with Gasteiger partial charge in [-0.25, -0.2) is 0 Å². The van der Waals surface area contributed by atoms with E-state index in [9.17, 15) is 9.59 Å². The molecule has 5 nitrogen and oxygen atoms in total. The number of amides is 2. The molecule has 0 atom stereocenters. The molecule has 0 aliphatic carbocycles. The fourth-order valence-corrected chi connectivity index (χ4v) is 4.53. The minimum absolute atomic E-state index is 0.200. The lowest BCUT2D eigenvalue weighted by atomic mass is 10.0. The summed E-state index contributed by atoms with van der Waals surface area (Å²) in [7, 11) is 0. The fourth-order valence-electron chi connectivity index (χ4n) is 3.30. The Morgan fingerprint density at radius 1 is 1.06 bits per heavy atom. The van der Waals surface area contributed by atoms with E-state index in [0.717, 1.165) is 45.1 Å². The van der Waals surface area contributed by atoms with Crippen molar-refractivity contribution in [2.24, 2.45) is 0 Å². The molecule has 1 saturated heterocycles. The van der Waals surface area contributed by atoms with Crippen molar-refractivity contribution >= 4 is 44.9 Å². The number of aryl methyl sites for hydroxylation is 1. The van der Waals surface area contributed by atoms with E-state index in [4.69, 9.17) is 9.47 Å².